The molecule has 3 N–H and O–H groups in total. The Morgan fingerprint density at radius 2 is 1.88 bits per heavy atom. The van der Waals surface area contributed by atoms with Crippen LogP contribution in [0.2, 0.25) is 0 Å². The number of aromatic hydroxyl groups is 2. The predicted octanol–water partition coefficient (Wildman–Crippen LogP) is 3.54. The third-order valence-electron chi connectivity index (χ3n) is 5.54. The molecule has 0 aliphatic carbocycles. The van der Waals surface area contributed by atoms with Gasteiger partial charge in [0.05, 0.1) is 19.1 Å². The first-order valence-corrected chi connectivity index (χ1v) is 11.0. The fourth-order valence-corrected chi connectivity index (χ4v) is 4.59. The molecule has 1 unspecified atom stereocenters. The van der Waals surface area contributed by atoms with Gasteiger partial charge in [0.25, 0.3) is 0 Å². The zero-order valence-electron chi connectivity index (χ0n) is 18.1. The number of rotatable bonds is 7. The average Bonchev–Trinajstić information content (AvgIpc) is 3.11. The lowest BCUT2D eigenvalue weighted by molar-refractivity contribution is 0.104. The number of phenolic OH excluding ortho intramolecular Hbond substituents is 1. The van der Waals surface area contributed by atoms with E-state index in [1.807, 2.05) is 31.2 Å². The summed E-state index contributed by atoms with van der Waals surface area (Å²) in [4.78, 5) is 14.0. The monoisotopic (exact) mass is 459 g/mol. The van der Waals surface area contributed by atoms with Crippen LogP contribution in [0.1, 0.15) is 28.0 Å². The lowest BCUT2D eigenvalue weighted by Crippen LogP contribution is -2.29. The maximum absolute atomic E-state index is 11.3. The number of phenols is 1. The van der Waals surface area contributed by atoms with Crippen molar-refractivity contribution in [3.8, 4) is 34.6 Å². The molecule has 0 saturated heterocycles. The van der Waals surface area contributed by atoms with Crippen molar-refractivity contribution in [2.45, 2.75) is 32.3 Å². The summed E-state index contributed by atoms with van der Waals surface area (Å²) in [7, 11) is 3.00. The van der Waals surface area contributed by atoms with Crippen LogP contribution in [-0.2, 0) is 12.8 Å². The fraction of sp³-hybridized carbons (Fsp3) is 0.348. The number of hydrogen-bond acceptors (Lipinski definition) is 8. The topological polar surface area (TPSA) is 110 Å². The van der Waals surface area contributed by atoms with E-state index in [0.717, 1.165) is 40.9 Å². The molecule has 170 valence electrons. The number of aromatic nitrogens is 1. The number of nitrogens with one attached hydrogen (secondary N) is 1. The molecule has 2 aromatic carbocycles. The van der Waals surface area contributed by atoms with Crippen LogP contribution in [-0.4, -0.2) is 42.1 Å². The van der Waals surface area contributed by atoms with Gasteiger partial charge in [-0.15, -0.1) is 0 Å². The average molecular weight is 460 g/mol. The SMILES string of the molecule is COc1c(O)c(C)c2c(c1OC)OC(COc1ccc(Cc3sc(=O)[nH]c3O)cc1)CC2. The Balaban J connectivity index is 1.42. The molecule has 0 fully saturated rings. The van der Waals surface area contributed by atoms with Gasteiger partial charge in [-0.3, -0.25) is 9.78 Å². The molecule has 1 aliphatic heterocycles. The number of ether oxygens (including phenoxy) is 4. The third kappa shape index (κ3) is 4.20. The minimum Gasteiger partial charge on any atom is -0.504 e. The summed E-state index contributed by atoms with van der Waals surface area (Å²) >= 11 is 1.00. The van der Waals surface area contributed by atoms with Crippen LogP contribution in [0.3, 0.4) is 0 Å². The van der Waals surface area contributed by atoms with Gasteiger partial charge < -0.3 is 29.2 Å². The maximum atomic E-state index is 11.3. The summed E-state index contributed by atoms with van der Waals surface area (Å²) in [6, 6.07) is 7.50. The fourth-order valence-electron chi connectivity index (χ4n) is 3.83. The van der Waals surface area contributed by atoms with Gasteiger partial charge in [0.2, 0.25) is 17.4 Å². The zero-order chi connectivity index (χ0) is 22.8. The smallest absolute Gasteiger partial charge is 0.307 e. The first-order chi connectivity index (χ1) is 15.4. The van der Waals surface area contributed by atoms with E-state index in [9.17, 15) is 15.0 Å². The highest BCUT2D eigenvalue weighted by Gasteiger charge is 2.30. The molecular formula is C23H25NO7S. The molecule has 1 atom stereocenters. The van der Waals surface area contributed by atoms with Gasteiger partial charge in [-0.05, 0) is 37.5 Å². The zero-order valence-corrected chi connectivity index (χ0v) is 18.9. The highest BCUT2D eigenvalue weighted by Crippen LogP contribution is 2.51. The molecule has 0 radical (unpaired) electrons. The molecule has 0 bridgehead atoms. The largest absolute Gasteiger partial charge is 0.504 e. The minimum absolute atomic E-state index is 0.0710. The Bertz CT molecular complexity index is 1170. The van der Waals surface area contributed by atoms with Crippen molar-refractivity contribution in [2.75, 3.05) is 20.8 Å². The van der Waals surface area contributed by atoms with Crippen LogP contribution >= 0.6 is 11.3 Å². The molecule has 3 aromatic rings. The quantitative estimate of drug-likeness (QED) is 0.496. The van der Waals surface area contributed by atoms with Gasteiger partial charge >= 0.3 is 4.87 Å². The van der Waals surface area contributed by atoms with E-state index in [2.05, 4.69) is 4.98 Å². The predicted molar refractivity (Wildman–Crippen MR) is 120 cm³/mol. The molecule has 9 heteroatoms. The lowest BCUT2D eigenvalue weighted by Gasteiger charge is -2.29. The Hall–Kier alpha value is -3.33. The maximum Gasteiger partial charge on any atom is 0.307 e. The van der Waals surface area contributed by atoms with Gasteiger partial charge in [0.1, 0.15) is 18.5 Å². The summed E-state index contributed by atoms with van der Waals surface area (Å²) in [5.41, 5.74) is 2.60. The second kappa shape index (κ2) is 9.04. The molecule has 32 heavy (non-hydrogen) atoms. The van der Waals surface area contributed by atoms with Gasteiger partial charge in [-0.1, -0.05) is 23.5 Å². The normalized spacial score (nSPS) is 15.0. The van der Waals surface area contributed by atoms with E-state index in [1.165, 1.54) is 14.2 Å². The Labute approximate surface area is 189 Å². The van der Waals surface area contributed by atoms with Crippen LogP contribution < -0.4 is 23.8 Å². The first kappa shape index (κ1) is 21.9. The summed E-state index contributed by atoms with van der Waals surface area (Å²) in [6.45, 7) is 2.19. The molecule has 4 rings (SSSR count). The Morgan fingerprint density at radius 1 is 1.16 bits per heavy atom. The number of H-pyrrole nitrogens is 1. The number of hydrogen-bond donors (Lipinski definition) is 3. The number of aromatic amines is 1. The van der Waals surface area contributed by atoms with Crippen LogP contribution in [0.25, 0.3) is 0 Å². The van der Waals surface area contributed by atoms with Crippen molar-refractivity contribution in [1.82, 2.24) is 4.98 Å². The van der Waals surface area contributed by atoms with Crippen molar-refractivity contribution in [3.05, 3.63) is 55.5 Å². The van der Waals surface area contributed by atoms with Gasteiger partial charge in [-0.25, -0.2) is 0 Å². The summed E-state index contributed by atoms with van der Waals surface area (Å²) in [5.74, 6) is 1.92. The van der Waals surface area contributed by atoms with Gasteiger partial charge in [-0.2, -0.15) is 0 Å². The number of thiazole rings is 1. The highest BCUT2D eigenvalue weighted by molar-refractivity contribution is 7.09. The third-order valence-corrected chi connectivity index (χ3v) is 6.41. The van der Waals surface area contributed by atoms with Crippen molar-refractivity contribution in [3.63, 3.8) is 0 Å². The molecule has 8 nitrogen and oxygen atoms in total. The van der Waals surface area contributed by atoms with Crippen molar-refractivity contribution < 1.29 is 29.2 Å². The van der Waals surface area contributed by atoms with Gasteiger partial charge in [0.15, 0.2) is 11.5 Å². The first-order valence-electron chi connectivity index (χ1n) is 10.2. The Kier molecular flexibility index (Phi) is 6.18. The van der Waals surface area contributed by atoms with Crippen LogP contribution in [0.4, 0.5) is 0 Å². The van der Waals surface area contributed by atoms with Crippen molar-refractivity contribution in [2.24, 2.45) is 0 Å². The number of methoxy groups -OCH3 is 2. The summed E-state index contributed by atoms with van der Waals surface area (Å²) < 4.78 is 22.9. The molecule has 2 heterocycles. The Morgan fingerprint density at radius 3 is 2.50 bits per heavy atom. The standard InChI is InChI=1S/C23H25NO7S/c1-12-16-9-8-15(31-19(16)21(29-3)20(28-2)18(12)25)11-30-14-6-4-13(5-7-14)10-17-22(26)24-23(27)32-17/h4-7,15,25-26H,8-11H2,1-3H3,(H,24,27). The summed E-state index contributed by atoms with van der Waals surface area (Å²) in [6.07, 6.45) is 1.75. The molecule has 1 aliphatic rings. The van der Waals surface area contributed by atoms with E-state index in [-0.39, 0.29) is 28.4 Å². The van der Waals surface area contributed by atoms with Crippen molar-refractivity contribution in [1.29, 1.82) is 0 Å². The second-order valence-corrected chi connectivity index (χ2v) is 8.61. The van der Waals surface area contributed by atoms with E-state index in [0.29, 0.717) is 35.2 Å². The molecular weight excluding hydrogens is 434 g/mol. The molecule has 0 amide bonds. The minimum atomic E-state index is -0.272. The van der Waals surface area contributed by atoms with E-state index < -0.39 is 0 Å². The summed E-state index contributed by atoms with van der Waals surface area (Å²) in [5, 5.41) is 20.1. The van der Waals surface area contributed by atoms with Crippen molar-refractivity contribution >= 4 is 11.3 Å². The molecule has 0 saturated carbocycles. The van der Waals surface area contributed by atoms with Crippen LogP contribution in [0.5, 0.6) is 34.6 Å². The number of benzene rings is 2. The van der Waals surface area contributed by atoms with E-state index in [1.54, 1.807) is 0 Å². The van der Waals surface area contributed by atoms with E-state index in [4.69, 9.17) is 18.9 Å². The van der Waals surface area contributed by atoms with E-state index >= 15 is 0 Å². The number of fused-ring (bicyclic) bond motifs is 1. The highest BCUT2D eigenvalue weighted by atomic mass is 32.1. The second-order valence-electron chi connectivity index (χ2n) is 7.54. The van der Waals surface area contributed by atoms with Crippen LogP contribution in [0, 0.1) is 6.92 Å². The van der Waals surface area contributed by atoms with Gasteiger partial charge in [0, 0.05) is 17.5 Å². The lowest BCUT2D eigenvalue weighted by atomic mass is 9.96. The molecule has 1 aromatic heterocycles. The molecule has 0 spiro atoms. The van der Waals surface area contributed by atoms with Crippen LogP contribution in [0.15, 0.2) is 29.1 Å².